The summed E-state index contributed by atoms with van der Waals surface area (Å²) in [7, 11) is 1.56. The fourth-order valence-electron chi connectivity index (χ4n) is 1.47. The van der Waals surface area contributed by atoms with Crippen molar-refractivity contribution in [2.75, 3.05) is 12.8 Å². The number of halogens is 1. The second kappa shape index (κ2) is 6.79. The number of carbonyl (C=O) groups excluding carboxylic acids is 1. The number of benzene rings is 1. The average Bonchev–Trinajstić information content (AvgIpc) is 2.84. The van der Waals surface area contributed by atoms with Gasteiger partial charge in [0.05, 0.1) is 13.3 Å². The monoisotopic (exact) mass is 353 g/mol. The fourth-order valence-corrected chi connectivity index (χ4v) is 1.85. The summed E-state index contributed by atoms with van der Waals surface area (Å²) in [6.07, 6.45) is 1.48. The Balaban J connectivity index is 1.95. The Morgan fingerprint density at radius 2 is 2.43 bits per heavy atom. The Labute approximate surface area is 128 Å². The minimum absolute atomic E-state index is 0.00479. The smallest absolute Gasteiger partial charge is 0.263 e. The van der Waals surface area contributed by atoms with E-state index in [-0.39, 0.29) is 12.5 Å². The first-order chi connectivity index (χ1) is 10.1. The van der Waals surface area contributed by atoms with E-state index in [4.69, 9.17) is 10.5 Å². The molecule has 0 fully saturated rings. The summed E-state index contributed by atoms with van der Waals surface area (Å²) in [4.78, 5) is 12.7. The van der Waals surface area contributed by atoms with Gasteiger partial charge in [0, 0.05) is 10.0 Å². The molecule has 0 aliphatic rings. The van der Waals surface area contributed by atoms with Crippen molar-refractivity contribution in [2.45, 2.75) is 6.54 Å². The highest BCUT2D eigenvalue weighted by Crippen LogP contribution is 2.21. The number of carbonyl (C=O) groups is 1. The molecule has 1 heterocycles. The lowest BCUT2D eigenvalue weighted by Crippen LogP contribution is -2.24. The Morgan fingerprint density at radius 1 is 1.62 bits per heavy atom. The molecule has 0 saturated heterocycles. The van der Waals surface area contributed by atoms with Crippen LogP contribution >= 0.6 is 15.9 Å². The zero-order valence-corrected chi connectivity index (χ0v) is 12.6. The number of rotatable bonds is 5. The second-order valence-corrected chi connectivity index (χ2v) is 4.77. The van der Waals surface area contributed by atoms with E-state index in [2.05, 4.69) is 41.9 Å². The molecule has 2 rings (SSSR count). The lowest BCUT2D eigenvalue weighted by atomic mass is 10.2. The number of nitrogens with two attached hydrogens (primary N) is 1. The molecule has 21 heavy (non-hydrogen) atoms. The third kappa shape index (κ3) is 4.24. The molecule has 10 heteroatoms. The maximum Gasteiger partial charge on any atom is 0.263 e. The quantitative estimate of drug-likeness (QED) is 0.584. The van der Waals surface area contributed by atoms with E-state index in [1.54, 1.807) is 13.2 Å². The zero-order chi connectivity index (χ0) is 15.2. The minimum Gasteiger partial charge on any atom is -0.496 e. The molecular formula is C11H12BrN7O2. The van der Waals surface area contributed by atoms with Gasteiger partial charge in [-0.2, -0.15) is 9.90 Å². The highest BCUT2D eigenvalue weighted by molar-refractivity contribution is 9.10. The van der Waals surface area contributed by atoms with Gasteiger partial charge in [0.25, 0.3) is 11.9 Å². The molecule has 110 valence electrons. The van der Waals surface area contributed by atoms with Crippen molar-refractivity contribution in [1.29, 1.82) is 0 Å². The van der Waals surface area contributed by atoms with Crippen LogP contribution in [0.15, 0.2) is 27.8 Å². The molecular weight excluding hydrogens is 342 g/mol. The summed E-state index contributed by atoms with van der Waals surface area (Å²) >= 11 is 3.35. The van der Waals surface area contributed by atoms with Crippen molar-refractivity contribution in [3.8, 4) is 5.75 Å². The Hall–Kier alpha value is -2.49. The number of hydrogen-bond acceptors (Lipinski definition) is 7. The number of hydrazone groups is 1. The molecule has 0 bridgehead atoms. The number of nitrogen functional groups attached to an aromatic ring is 1. The van der Waals surface area contributed by atoms with Gasteiger partial charge in [-0.05, 0) is 23.4 Å². The lowest BCUT2D eigenvalue weighted by molar-refractivity contribution is -0.122. The number of amides is 1. The zero-order valence-electron chi connectivity index (χ0n) is 11.0. The van der Waals surface area contributed by atoms with Crippen LogP contribution in [-0.2, 0) is 11.3 Å². The van der Waals surface area contributed by atoms with Gasteiger partial charge in [-0.15, -0.1) is 5.10 Å². The molecule has 0 spiro atoms. The summed E-state index contributed by atoms with van der Waals surface area (Å²) in [6.45, 7) is -0.128. The van der Waals surface area contributed by atoms with Crippen molar-refractivity contribution in [3.63, 3.8) is 0 Å². The molecule has 0 saturated carbocycles. The highest BCUT2D eigenvalue weighted by atomic mass is 79.9. The SMILES string of the molecule is COc1ccc(Br)cc1/C=N/NC(=O)Cn1nnc(N)n1. The predicted molar refractivity (Wildman–Crippen MR) is 78.7 cm³/mol. The molecule has 0 aliphatic carbocycles. The molecule has 0 radical (unpaired) electrons. The standard InChI is InChI=1S/C11H12BrN7O2/c1-21-9-3-2-8(12)4-7(9)5-14-15-10(20)6-19-17-11(13)16-18-19/h2-5H,6H2,1H3,(H2,13,17)(H,15,20)/b14-5+. The molecule has 1 aromatic heterocycles. The number of nitrogens with zero attached hydrogens (tertiary/aromatic N) is 5. The van der Waals surface area contributed by atoms with E-state index in [1.165, 1.54) is 6.21 Å². The molecule has 0 unspecified atom stereocenters. The molecule has 1 aromatic carbocycles. The van der Waals surface area contributed by atoms with Crippen molar-refractivity contribution < 1.29 is 9.53 Å². The normalized spacial score (nSPS) is 10.8. The van der Waals surface area contributed by atoms with Gasteiger partial charge >= 0.3 is 0 Å². The van der Waals surface area contributed by atoms with Gasteiger partial charge in [-0.3, -0.25) is 4.79 Å². The van der Waals surface area contributed by atoms with Crippen molar-refractivity contribution >= 4 is 34.0 Å². The Bertz CT molecular complexity index is 670. The van der Waals surface area contributed by atoms with E-state index in [9.17, 15) is 4.79 Å². The summed E-state index contributed by atoms with van der Waals surface area (Å²) in [5.41, 5.74) is 8.36. The summed E-state index contributed by atoms with van der Waals surface area (Å²) < 4.78 is 6.06. The van der Waals surface area contributed by atoms with Crippen LogP contribution < -0.4 is 15.9 Å². The van der Waals surface area contributed by atoms with Crippen LogP contribution in [-0.4, -0.2) is 39.4 Å². The van der Waals surface area contributed by atoms with Gasteiger partial charge in [-0.1, -0.05) is 21.0 Å². The Morgan fingerprint density at radius 3 is 3.10 bits per heavy atom. The van der Waals surface area contributed by atoms with E-state index >= 15 is 0 Å². The number of ether oxygens (including phenoxy) is 1. The highest BCUT2D eigenvalue weighted by Gasteiger charge is 2.05. The Kier molecular flexibility index (Phi) is 4.82. The van der Waals surface area contributed by atoms with E-state index in [0.29, 0.717) is 5.75 Å². The van der Waals surface area contributed by atoms with Crippen LogP contribution in [0.25, 0.3) is 0 Å². The van der Waals surface area contributed by atoms with Gasteiger partial charge in [0.1, 0.15) is 12.3 Å². The maximum absolute atomic E-state index is 11.6. The van der Waals surface area contributed by atoms with Crippen molar-refractivity contribution in [1.82, 2.24) is 25.6 Å². The minimum atomic E-state index is -0.405. The van der Waals surface area contributed by atoms with Crippen LogP contribution in [0.5, 0.6) is 5.75 Å². The van der Waals surface area contributed by atoms with E-state index in [0.717, 1.165) is 14.8 Å². The van der Waals surface area contributed by atoms with Crippen LogP contribution in [0, 0.1) is 0 Å². The first kappa shape index (κ1) is 14.9. The third-order valence-electron chi connectivity index (χ3n) is 2.34. The topological polar surface area (TPSA) is 120 Å². The van der Waals surface area contributed by atoms with Gasteiger partial charge in [0.15, 0.2) is 0 Å². The van der Waals surface area contributed by atoms with E-state index in [1.807, 2.05) is 12.1 Å². The van der Waals surface area contributed by atoms with Crippen LogP contribution in [0.4, 0.5) is 5.95 Å². The maximum atomic E-state index is 11.6. The first-order valence-corrected chi connectivity index (χ1v) is 6.56. The number of tetrazole rings is 1. The van der Waals surface area contributed by atoms with Crippen LogP contribution in [0.2, 0.25) is 0 Å². The van der Waals surface area contributed by atoms with Crippen molar-refractivity contribution in [3.05, 3.63) is 28.2 Å². The summed E-state index contributed by atoms with van der Waals surface area (Å²) in [6, 6.07) is 5.44. The summed E-state index contributed by atoms with van der Waals surface area (Å²) in [5, 5.41) is 14.6. The fraction of sp³-hybridized carbons (Fsp3) is 0.182. The molecule has 3 N–H and O–H groups in total. The van der Waals surface area contributed by atoms with Crippen molar-refractivity contribution in [2.24, 2.45) is 5.10 Å². The van der Waals surface area contributed by atoms with Gasteiger partial charge in [0.2, 0.25) is 0 Å². The second-order valence-electron chi connectivity index (χ2n) is 3.86. The predicted octanol–water partition coefficient (Wildman–Crippen LogP) is 0.177. The van der Waals surface area contributed by atoms with Gasteiger partial charge in [-0.25, -0.2) is 5.43 Å². The van der Waals surface area contributed by atoms with Crippen LogP contribution in [0.1, 0.15) is 5.56 Å². The summed E-state index contributed by atoms with van der Waals surface area (Å²) in [5.74, 6) is 0.240. The molecule has 9 nitrogen and oxygen atoms in total. The number of anilines is 1. The third-order valence-corrected chi connectivity index (χ3v) is 2.83. The van der Waals surface area contributed by atoms with E-state index < -0.39 is 5.91 Å². The largest absolute Gasteiger partial charge is 0.496 e. The number of methoxy groups -OCH3 is 1. The van der Waals surface area contributed by atoms with Crippen LogP contribution in [0.3, 0.4) is 0 Å². The molecule has 0 atom stereocenters. The first-order valence-electron chi connectivity index (χ1n) is 5.77. The van der Waals surface area contributed by atoms with Gasteiger partial charge < -0.3 is 10.5 Å². The molecule has 1 amide bonds. The molecule has 2 aromatic rings. The molecule has 0 aliphatic heterocycles. The lowest BCUT2D eigenvalue weighted by Gasteiger charge is -2.04. The number of nitrogens with one attached hydrogen (secondary N) is 1. The average molecular weight is 354 g/mol. The number of aromatic nitrogens is 4. The number of hydrogen-bond donors (Lipinski definition) is 2.